The first-order valence-electron chi connectivity index (χ1n) is 38.8. The Bertz CT molecular complexity index is 8200. The topological polar surface area (TPSA) is 402 Å². The molecule has 0 aliphatic carbocycles. The van der Waals surface area contributed by atoms with Crippen LogP contribution in [-0.2, 0) is 6.61 Å². The van der Waals surface area contributed by atoms with Crippen LogP contribution in [0, 0.1) is 6.92 Å². The lowest BCUT2D eigenvalue weighted by Gasteiger charge is -2.01. The van der Waals surface area contributed by atoms with Crippen molar-refractivity contribution in [3.8, 4) is 34.5 Å². The van der Waals surface area contributed by atoms with Crippen molar-refractivity contribution < 1.29 is 5.11 Å². The zero-order chi connectivity index (χ0) is 87.1. The largest absolute Gasteiger partial charge is 0.392 e. The summed E-state index contributed by atoms with van der Waals surface area (Å²) in [5, 5.41) is 38.1. The van der Waals surface area contributed by atoms with Crippen LogP contribution < -0.4 is 33.4 Å². The van der Waals surface area contributed by atoms with Gasteiger partial charge in [-0.3, -0.25) is 104 Å². The van der Waals surface area contributed by atoms with Crippen molar-refractivity contribution in [1.29, 1.82) is 0 Å². The fourth-order valence-electron chi connectivity index (χ4n) is 14.7. The first-order chi connectivity index (χ1) is 62.0. The predicted octanol–water partition coefficient (Wildman–Crippen LogP) is 16.1. The second-order valence-electron chi connectivity index (χ2n) is 28.7. The highest BCUT2D eigenvalue weighted by Gasteiger charge is 2.20. The van der Waals surface area contributed by atoms with Gasteiger partial charge in [-0.25, -0.2) is 38.4 Å². The summed E-state index contributed by atoms with van der Waals surface area (Å²) < 4.78 is 9.67. The molecule has 618 valence electrons. The van der Waals surface area contributed by atoms with Crippen LogP contribution in [0.2, 0.25) is 15.1 Å². The molecule has 0 fully saturated rings. The summed E-state index contributed by atoms with van der Waals surface area (Å²) in [6.07, 6.45) is 24.0. The third kappa shape index (κ3) is 15.6. The Balaban J connectivity index is 0.0000000993. The molecule has 0 amide bonds. The maximum Gasteiger partial charge on any atom is 0.282 e. The molecule has 0 bridgehead atoms. The summed E-state index contributed by atoms with van der Waals surface area (Å²) in [5.74, 6) is 1.52. The molecule has 0 unspecified atom stereocenters. The number of nitrogens with zero attached hydrogens (tertiary/aromatic N) is 18. The fourth-order valence-corrected chi connectivity index (χ4v) is 15.5. The zero-order valence-corrected chi connectivity index (χ0v) is 69.7. The van der Waals surface area contributed by atoms with Crippen molar-refractivity contribution >= 4 is 182 Å². The Morgan fingerprint density at radius 2 is 0.630 bits per heavy atom. The number of rotatable bonds is 7. The number of benzene rings is 7. The van der Waals surface area contributed by atoms with Crippen LogP contribution in [0.15, 0.2) is 326 Å². The molecule has 17 heterocycles. The molecule has 0 atom stereocenters. The van der Waals surface area contributed by atoms with E-state index in [4.69, 9.17) is 34.8 Å². The van der Waals surface area contributed by atoms with E-state index in [0.717, 1.165) is 120 Å². The monoisotopic (exact) mass is 1800 g/mol. The second-order valence-corrected chi connectivity index (χ2v) is 30.9. The molecule has 35 heteroatoms. The molecule has 7 aromatic carbocycles. The Morgan fingerprint density at radius 1 is 0.283 bits per heavy atom. The standard InChI is InChI=1S/C16H10ClN3O.C16H12N4O2.C15H9BrN4O.2C15H9ClN4O.C15H11N5O/c17-10-6-7-14-12(8-10)15-13(9-18-14)16(21)20(19-15)11-4-2-1-3-5-11;21-9-10-4-5-11-13(7-10)18-8-12-15(11)19-20(16(12)22)14-3-1-2-6-17-14;16-9-1-2-11-13(7-9)18-8-12-14(11)19-20(15(12)21)10-3-5-17-6-4-10;16-9-1-2-13-11(7-9)14-12(8-18-13)15(21)20(19-14)10-3-5-17-6-4-10;16-9-4-5-12-10(7-9)14-11(8-18-12)15(21)20(19-14)13-3-1-2-6-17-13;1-9-2-3-10-12(6-9)18-7-11-14(10)19-20(15(11)21)13-8-16-4-5-17-13/h1-9,19H;1-8,19,21H,9H2;3*1-8,19H;2-8,19H,1H3. The first-order valence-corrected chi connectivity index (χ1v) is 40.7. The minimum Gasteiger partial charge on any atom is -0.392 e. The van der Waals surface area contributed by atoms with E-state index in [2.05, 4.69) is 106 Å². The van der Waals surface area contributed by atoms with Crippen molar-refractivity contribution in [2.45, 2.75) is 13.5 Å². The number of hydrogen-bond acceptors (Lipinski definition) is 19. The van der Waals surface area contributed by atoms with Gasteiger partial charge in [0.1, 0.15) is 0 Å². The average molecular weight is 1800 g/mol. The molecule has 0 spiro atoms. The third-order valence-electron chi connectivity index (χ3n) is 20.8. The number of para-hydroxylation sites is 1. The highest BCUT2D eigenvalue weighted by atomic mass is 79.9. The lowest BCUT2D eigenvalue weighted by Crippen LogP contribution is -2.15. The minimum absolute atomic E-state index is 0.0406. The number of halogens is 4. The van der Waals surface area contributed by atoms with Gasteiger partial charge in [-0.2, -0.15) is 4.68 Å². The van der Waals surface area contributed by atoms with Crippen LogP contribution in [-0.4, -0.2) is 124 Å². The molecule has 0 aliphatic rings. The maximum atomic E-state index is 12.5. The third-order valence-corrected chi connectivity index (χ3v) is 22.0. The molecule has 24 rings (SSSR count). The molecule has 0 saturated heterocycles. The van der Waals surface area contributed by atoms with Gasteiger partial charge in [0, 0.05) is 139 Å². The quantitative estimate of drug-likeness (QED) is 0.0779. The first kappa shape index (κ1) is 80.3. The summed E-state index contributed by atoms with van der Waals surface area (Å²) in [6.45, 7) is 1.97. The molecule has 127 heavy (non-hydrogen) atoms. The van der Waals surface area contributed by atoms with E-state index < -0.39 is 0 Å². The van der Waals surface area contributed by atoms with Crippen molar-refractivity contribution in [1.82, 2.24) is 118 Å². The van der Waals surface area contributed by atoms with Crippen LogP contribution in [0.1, 0.15) is 11.1 Å². The van der Waals surface area contributed by atoms with E-state index in [0.29, 0.717) is 75.9 Å². The summed E-state index contributed by atoms with van der Waals surface area (Å²) in [4.78, 5) is 125. The SMILES string of the molecule is Cc1ccc2c(c1)ncc1c(=O)n(-c3cnccn3)[nH]c12.O=c1c2cnc3cc(Br)ccc3c2[nH]n1-c1ccncc1.O=c1c2cnc3cc(CO)ccc3c2[nH]n1-c1ccccn1.O=c1c2cnc3ccc(Cl)cc3c2[nH]n1-c1ccccc1.O=c1c2cnc3ccc(Cl)cc3c2[nH]n1-c1ccccn1.O=c1c2cnc3ccc(Cl)cc3c2[nH]n1-c1ccncc1. The number of aromatic amines is 6. The van der Waals surface area contributed by atoms with Crippen molar-refractivity contribution in [2.75, 3.05) is 0 Å². The summed E-state index contributed by atoms with van der Waals surface area (Å²) >= 11 is 21.6. The molecule has 31 nitrogen and oxygen atoms in total. The fraction of sp³-hybridized carbons (Fsp3) is 0.0217. The van der Waals surface area contributed by atoms with Crippen LogP contribution in [0.5, 0.6) is 0 Å². The average Bonchev–Trinajstić information content (AvgIpc) is 1.66. The molecule has 0 aliphatic heterocycles. The van der Waals surface area contributed by atoms with E-state index in [-0.39, 0.29) is 40.0 Å². The molecule has 17 aromatic heterocycles. The molecular weight excluding hydrogens is 1740 g/mol. The second kappa shape index (κ2) is 34.1. The Hall–Kier alpha value is -16.4. The smallest absolute Gasteiger partial charge is 0.282 e. The zero-order valence-electron chi connectivity index (χ0n) is 65.9. The van der Waals surface area contributed by atoms with Gasteiger partial charge in [-0.15, -0.1) is 0 Å². The van der Waals surface area contributed by atoms with E-state index in [9.17, 15) is 33.9 Å². The van der Waals surface area contributed by atoms with Gasteiger partial charge in [0.05, 0.1) is 128 Å². The molecular formula is C92H60BrCl3N24O7. The van der Waals surface area contributed by atoms with E-state index in [1.807, 2.05) is 128 Å². The van der Waals surface area contributed by atoms with Gasteiger partial charge in [-0.05, 0) is 164 Å². The van der Waals surface area contributed by atoms with E-state index in [1.54, 1.807) is 166 Å². The number of nitrogens with one attached hydrogen (secondary N) is 6. The molecule has 0 saturated carbocycles. The maximum absolute atomic E-state index is 12.5. The van der Waals surface area contributed by atoms with Gasteiger partial charge in [0.2, 0.25) is 0 Å². The Labute approximate surface area is 734 Å². The number of H-pyrrole nitrogens is 6. The van der Waals surface area contributed by atoms with Crippen molar-refractivity contribution in [3.05, 3.63) is 386 Å². The normalized spacial score (nSPS) is 11.3. The highest BCUT2D eigenvalue weighted by Crippen LogP contribution is 2.31. The lowest BCUT2D eigenvalue weighted by atomic mass is 10.1. The number of aryl methyl sites for hydroxylation is 1. The number of fused-ring (bicyclic) bond motifs is 18. The predicted molar refractivity (Wildman–Crippen MR) is 495 cm³/mol. The Morgan fingerprint density at radius 3 is 1.03 bits per heavy atom. The van der Waals surface area contributed by atoms with Crippen LogP contribution >= 0.6 is 50.7 Å². The number of aliphatic hydroxyl groups is 1. The molecule has 0 radical (unpaired) electrons. The minimum atomic E-state index is -0.186. The van der Waals surface area contributed by atoms with Crippen LogP contribution in [0.3, 0.4) is 0 Å². The van der Waals surface area contributed by atoms with Gasteiger partial charge >= 0.3 is 0 Å². The lowest BCUT2D eigenvalue weighted by molar-refractivity contribution is 0.282. The van der Waals surface area contributed by atoms with Gasteiger partial charge in [0.15, 0.2) is 17.5 Å². The number of aromatic nitrogens is 24. The highest BCUT2D eigenvalue weighted by molar-refractivity contribution is 9.10. The number of aliphatic hydroxyl groups excluding tert-OH is 1. The van der Waals surface area contributed by atoms with E-state index >= 15 is 0 Å². The van der Waals surface area contributed by atoms with Crippen LogP contribution in [0.25, 0.3) is 165 Å². The number of pyridine rings is 10. The van der Waals surface area contributed by atoms with Crippen LogP contribution in [0.4, 0.5) is 0 Å². The van der Waals surface area contributed by atoms with Gasteiger partial charge < -0.3 is 5.11 Å². The summed E-state index contributed by atoms with van der Waals surface area (Å²) in [5.41, 5.74) is 12.5. The number of hydrogen-bond donors (Lipinski definition) is 7. The van der Waals surface area contributed by atoms with Gasteiger partial charge in [0.25, 0.3) is 33.4 Å². The summed E-state index contributed by atoms with van der Waals surface area (Å²) in [7, 11) is 0. The van der Waals surface area contributed by atoms with Gasteiger partial charge in [-0.1, -0.05) is 105 Å². The van der Waals surface area contributed by atoms with Crippen molar-refractivity contribution in [2.24, 2.45) is 0 Å². The molecule has 24 aromatic rings. The Kier molecular flexibility index (Phi) is 21.6. The summed E-state index contributed by atoms with van der Waals surface area (Å²) in [6, 6.07) is 60.8. The molecule has 7 N–H and O–H groups in total. The van der Waals surface area contributed by atoms with E-state index in [1.165, 1.54) is 34.3 Å². The van der Waals surface area contributed by atoms with Crippen molar-refractivity contribution in [3.63, 3.8) is 0 Å².